The highest BCUT2D eigenvalue weighted by Crippen LogP contribution is 2.11. The number of carboxylic acid groups (broad SMARTS) is 1. The number of rotatable bonds is 5. The summed E-state index contributed by atoms with van der Waals surface area (Å²) in [5.41, 5.74) is 1.83. The highest BCUT2D eigenvalue weighted by atomic mass is 16.5. The van der Waals surface area contributed by atoms with E-state index in [1.54, 1.807) is 31.2 Å². The molecule has 0 aliphatic heterocycles. The smallest absolute Gasteiger partial charge is 0.307 e. The molecule has 0 spiro atoms. The maximum Gasteiger partial charge on any atom is 0.307 e. The van der Waals surface area contributed by atoms with Crippen molar-refractivity contribution >= 4 is 11.9 Å². The van der Waals surface area contributed by atoms with E-state index in [-0.39, 0.29) is 18.9 Å². The minimum Gasteiger partial charge on any atom is -0.481 e. The van der Waals surface area contributed by atoms with Gasteiger partial charge in [0.25, 0.3) is 5.91 Å². The molecule has 2 N–H and O–H groups in total. The van der Waals surface area contributed by atoms with Gasteiger partial charge in [0.1, 0.15) is 11.3 Å². The van der Waals surface area contributed by atoms with Gasteiger partial charge in [-0.1, -0.05) is 29.4 Å². The van der Waals surface area contributed by atoms with E-state index in [9.17, 15) is 9.59 Å². The molecule has 0 aliphatic carbocycles. The van der Waals surface area contributed by atoms with Crippen molar-refractivity contribution in [1.29, 1.82) is 0 Å². The summed E-state index contributed by atoms with van der Waals surface area (Å²) in [5, 5.41) is 15.1. The summed E-state index contributed by atoms with van der Waals surface area (Å²) in [6.45, 7) is 1.91. The fourth-order valence-corrected chi connectivity index (χ4v) is 1.85. The number of nitrogens with zero attached hydrogens (tertiary/aromatic N) is 1. The van der Waals surface area contributed by atoms with Gasteiger partial charge in [-0.05, 0) is 18.1 Å². The van der Waals surface area contributed by atoms with E-state index >= 15 is 0 Å². The standard InChI is InChI=1S/C14H14N2O4/c1-9-12(8-16-20-9)14(19)15-7-11-5-3-2-4-10(11)6-13(17)18/h2-5,8H,6-7H2,1H3,(H,15,19)(H,17,18). The molecule has 0 unspecified atom stereocenters. The van der Waals surface area contributed by atoms with E-state index in [0.29, 0.717) is 16.9 Å². The number of benzene rings is 1. The number of hydrogen-bond donors (Lipinski definition) is 2. The molecule has 104 valence electrons. The Labute approximate surface area is 115 Å². The third kappa shape index (κ3) is 3.23. The molecule has 0 atom stereocenters. The lowest BCUT2D eigenvalue weighted by molar-refractivity contribution is -0.136. The van der Waals surface area contributed by atoms with Crippen LogP contribution in [0, 0.1) is 6.92 Å². The summed E-state index contributed by atoms with van der Waals surface area (Å²) < 4.78 is 4.83. The van der Waals surface area contributed by atoms with Crippen molar-refractivity contribution in [2.45, 2.75) is 19.9 Å². The molecule has 0 saturated carbocycles. The van der Waals surface area contributed by atoms with Crippen LogP contribution in [0.4, 0.5) is 0 Å². The Morgan fingerprint density at radius 3 is 2.60 bits per heavy atom. The van der Waals surface area contributed by atoms with Gasteiger partial charge in [-0.3, -0.25) is 9.59 Å². The number of carbonyl (C=O) groups excluding carboxylic acids is 1. The molecule has 0 saturated heterocycles. The average Bonchev–Trinajstić information content (AvgIpc) is 2.83. The van der Waals surface area contributed by atoms with Crippen LogP contribution in [0.2, 0.25) is 0 Å². The van der Waals surface area contributed by atoms with Gasteiger partial charge in [0.2, 0.25) is 0 Å². The van der Waals surface area contributed by atoms with Crippen molar-refractivity contribution in [1.82, 2.24) is 10.5 Å². The number of aromatic nitrogens is 1. The van der Waals surface area contributed by atoms with Crippen LogP contribution < -0.4 is 5.32 Å². The summed E-state index contributed by atoms with van der Waals surface area (Å²) in [5.74, 6) is -0.756. The zero-order chi connectivity index (χ0) is 14.5. The number of aryl methyl sites for hydroxylation is 1. The van der Waals surface area contributed by atoms with Crippen LogP contribution in [-0.4, -0.2) is 22.1 Å². The molecule has 2 rings (SSSR count). The minimum atomic E-state index is -0.904. The second kappa shape index (κ2) is 6.01. The molecule has 6 heteroatoms. The van der Waals surface area contributed by atoms with Crippen LogP contribution in [0.5, 0.6) is 0 Å². The minimum absolute atomic E-state index is 0.0711. The fraction of sp³-hybridized carbons (Fsp3) is 0.214. The van der Waals surface area contributed by atoms with Crippen molar-refractivity contribution in [2.75, 3.05) is 0 Å². The van der Waals surface area contributed by atoms with Crippen LogP contribution in [0.1, 0.15) is 27.2 Å². The Morgan fingerprint density at radius 2 is 2.00 bits per heavy atom. The van der Waals surface area contributed by atoms with Crippen molar-refractivity contribution in [3.05, 3.63) is 52.9 Å². The fourth-order valence-electron chi connectivity index (χ4n) is 1.85. The Balaban J connectivity index is 2.06. The van der Waals surface area contributed by atoms with Crippen LogP contribution >= 0.6 is 0 Å². The quantitative estimate of drug-likeness (QED) is 0.862. The summed E-state index contributed by atoms with van der Waals surface area (Å²) in [6.07, 6.45) is 1.28. The van der Waals surface area contributed by atoms with E-state index in [0.717, 1.165) is 5.56 Å². The van der Waals surface area contributed by atoms with E-state index in [1.165, 1.54) is 6.20 Å². The Kier molecular flexibility index (Phi) is 4.14. The molecular weight excluding hydrogens is 260 g/mol. The molecule has 0 radical (unpaired) electrons. The van der Waals surface area contributed by atoms with Crippen LogP contribution in [0.15, 0.2) is 35.0 Å². The van der Waals surface area contributed by atoms with Gasteiger partial charge in [0.05, 0.1) is 12.6 Å². The number of hydrogen-bond acceptors (Lipinski definition) is 4. The first-order chi connectivity index (χ1) is 9.58. The highest BCUT2D eigenvalue weighted by molar-refractivity contribution is 5.94. The first-order valence-electron chi connectivity index (χ1n) is 6.06. The van der Waals surface area contributed by atoms with Gasteiger partial charge < -0.3 is 14.9 Å². The van der Waals surface area contributed by atoms with E-state index in [1.807, 2.05) is 0 Å². The predicted octanol–water partition coefficient (Wildman–Crippen LogP) is 1.54. The third-order valence-electron chi connectivity index (χ3n) is 2.89. The SMILES string of the molecule is Cc1oncc1C(=O)NCc1ccccc1CC(=O)O. The number of carboxylic acids is 1. The first kappa shape index (κ1) is 13.8. The van der Waals surface area contributed by atoms with Gasteiger partial charge in [-0.25, -0.2) is 0 Å². The monoisotopic (exact) mass is 274 g/mol. The summed E-state index contributed by atoms with van der Waals surface area (Å²) >= 11 is 0. The second-order valence-electron chi connectivity index (χ2n) is 4.32. The zero-order valence-corrected chi connectivity index (χ0v) is 10.9. The highest BCUT2D eigenvalue weighted by Gasteiger charge is 2.13. The summed E-state index contributed by atoms with van der Waals surface area (Å²) in [7, 11) is 0. The van der Waals surface area contributed by atoms with Gasteiger partial charge in [0, 0.05) is 6.54 Å². The van der Waals surface area contributed by atoms with Crippen LogP contribution in [0.25, 0.3) is 0 Å². The van der Waals surface area contributed by atoms with Crippen LogP contribution in [-0.2, 0) is 17.8 Å². The lowest BCUT2D eigenvalue weighted by Crippen LogP contribution is -2.23. The number of nitrogens with one attached hydrogen (secondary N) is 1. The number of amides is 1. The maximum atomic E-state index is 11.9. The van der Waals surface area contributed by atoms with Crippen molar-refractivity contribution in [2.24, 2.45) is 0 Å². The Hall–Kier alpha value is -2.63. The molecular formula is C14H14N2O4. The molecule has 0 aliphatic rings. The largest absolute Gasteiger partial charge is 0.481 e. The second-order valence-corrected chi connectivity index (χ2v) is 4.32. The van der Waals surface area contributed by atoms with Crippen molar-refractivity contribution in [3.63, 3.8) is 0 Å². The Bertz CT molecular complexity index is 634. The number of carbonyl (C=O) groups is 2. The zero-order valence-electron chi connectivity index (χ0n) is 10.9. The third-order valence-corrected chi connectivity index (χ3v) is 2.89. The first-order valence-corrected chi connectivity index (χ1v) is 6.06. The maximum absolute atomic E-state index is 11.9. The number of aliphatic carboxylic acids is 1. The Morgan fingerprint density at radius 1 is 1.30 bits per heavy atom. The topological polar surface area (TPSA) is 92.4 Å². The molecule has 1 aromatic carbocycles. The van der Waals surface area contributed by atoms with Crippen LogP contribution in [0.3, 0.4) is 0 Å². The van der Waals surface area contributed by atoms with E-state index in [2.05, 4.69) is 10.5 Å². The average molecular weight is 274 g/mol. The molecule has 2 aromatic rings. The lowest BCUT2D eigenvalue weighted by atomic mass is 10.0. The van der Waals surface area contributed by atoms with Gasteiger partial charge in [0.15, 0.2) is 0 Å². The molecule has 6 nitrogen and oxygen atoms in total. The molecule has 0 fully saturated rings. The van der Waals surface area contributed by atoms with E-state index in [4.69, 9.17) is 9.63 Å². The van der Waals surface area contributed by atoms with Crippen molar-refractivity contribution in [3.8, 4) is 0 Å². The molecule has 1 aromatic heterocycles. The normalized spacial score (nSPS) is 10.2. The van der Waals surface area contributed by atoms with Gasteiger partial charge in [-0.2, -0.15) is 0 Å². The van der Waals surface area contributed by atoms with Gasteiger partial charge in [-0.15, -0.1) is 0 Å². The molecule has 20 heavy (non-hydrogen) atoms. The lowest BCUT2D eigenvalue weighted by Gasteiger charge is -2.08. The summed E-state index contributed by atoms with van der Waals surface area (Å²) in [6, 6.07) is 7.10. The van der Waals surface area contributed by atoms with E-state index < -0.39 is 5.97 Å². The molecule has 1 amide bonds. The predicted molar refractivity (Wildman–Crippen MR) is 70.2 cm³/mol. The summed E-state index contributed by atoms with van der Waals surface area (Å²) in [4.78, 5) is 22.7. The molecule has 1 heterocycles. The molecule has 0 bridgehead atoms. The van der Waals surface area contributed by atoms with Gasteiger partial charge >= 0.3 is 5.97 Å². The van der Waals surface area contributed by atoms with Crippen molar-refractivity contribution < 1.29 is 19.2 Å².